The highest BCUT2D eigenvalue weighted by atomic mass is 32.1. The summed E-state index contributed by atoms with van der Waals surface area (Å²) in [5, 5.41) is 13.6. The molecule has 1 aromatic heterocycles. The van der Waals surface area contributed by atoms with E-state index in [1.807, 2.05) is 48.5 Å². The van der Waals surface area contributed by atoms with Crippen molar-refractivity contribution in [2.45, 2.75) is 38.5 Å². The molecule has 0 saturated carbocycles. The summed E-state index contributed by atoms with van der Waals surface area (Å²) in [6.45, 7) is 2.22. The molecule has 1 amide bonds. The largest absolute Gasteiger partial charge is 0.457 e. The second kappa shape index (κ2) is 7.62. The van der Waals surface area contributed by atoms with Gasteiger partial charge in [0.15, 0.2) is 0 Å². The highest BCUT2D eigenvalue weighted by Gasteiger charge is 2.34. The first-order valence-corrected chi connectivity index (χ1v) is 11.2. The molecule has 2 aliphatic rings. The minimum absolute atomic E-state index is 0.125. The molecule has 0 unspecified atom stereocenters. The number of nitrogens with zero attached hydrogens (tertiary/aromatic N) is 1. The molecule has 0 saturated heterocycles. The van der Waals surface area contributed by atoms with Crippen LogP contribution in [0.2, 0.25) is 0 Å². The van der Waals surface area contributed by atoms with E-state index in [1.54, 1.807) is 11.3 Å². The minimum Gasteiger partial charge on any atom is -0.457 e. The van der Waals surface area contributed by atoms with Crippen LogP contribution in [-0.4, -0.2) is 5.91 Å². The fourth-order valence-electron chi connectivity index (χ4n) is 4.59. The summed E-state index contributed by atoms with van der Waals surface area (Å²) >= 11 is 1.57. The quantitative estimate of drug-likeness (QED) is 0.571. The molecule has 30 heavy (non-hydrogen) atoms. The Hall–Kier alpha value is -3.10. The lowest BCUT2D eigenvalue weighted by molar-refractivity contribution is -0.116. The fraction of sp³-hybridized carbons (Fsp3) is 0.280. The fourth-order valence-corrected chi connectivity index (χ4v) is 5.90. The molecule has 5 heteroatoms. The number of thiophene rings is 1. The maximum Gasteiger partial charge on any atom is 0.237 e. The predicted molar refractivity (Wildman–Crippen MR) is 118 cm³/mol. The topological polar surface area (TPSA) is 62.1 Å². The van der Waals surface area contributed by atoms with Gasteiger partial charge in [-0.05, 0) is 42.9 Å². The second-order valence-electron chi connectivity index (χ2n) is 7.94. The van der Waals surface area contributed by atoms with Gasteiger partial charge in [-0.2, -0.15) is 5.26 Å². The van der Waals surface area contributed by atoms with Gasteiger partial charge in [-0.25, -0.2) is 0 Å². The number of amides is 1. The predicted octanol–water partition coefficient (Wildman–Crippen LogP) is 6.01. The Kier molecular flexibility index (Phi) is 4.80. The highest BCUT2D eigenvalue weighted by molar-refractivity contribution is 7.16. The van der Waals surface area contributed by atoms with Crippen molar-refractivity contribution < 1.29 is 9.53 Å². The number of para-hydroxylation sites is 2. The van der Waals surface area contributed by atoms with Crippen molar-refractivity contribution in [1.29, 1.82) is 5.26 Å². The van der Waals surface area contributed by atoms with E-state index < -0.39 is 5.92 Å². The SMILES string of the molecule is CC[C@@H]1CCc2c(sc(NC(=O)C3c4ccccc4Oc4ccccc43)c2C#N)C1. The number of hydrogen-bond donors (Lipinski definition) is 1. The number of carbonyl (C=O) groups is 1. The van der Waals surface area contributed by atoms with Gasteiger partial charge in [0.05, 0.1) is 11.5 Å². The number of hydrogen-bond acceptors (Lipinski definition) is 4. The molecule has 2 aromatic carbocycles. The van der Waals surface area contributed by atoms with E-state index in [1.165, 1.54) is 4.88 Å². The van der Waals surface area contributed by atoms with Crippen molar-refractivity contribution in [3.63, 3.8) is 0 Å². The number of rotatable bonds is 3. The smallest absolute Gasteiger partial charge is 0.237 e. The van der Waals surface area contributed by atoms with Gasteiger partial charge in [-0.3, -0.25) is 4.79 Å². The Labute approximate surface area is 180 Å². The second-order valence-corrected chi connectivity index (χ2v) is 9.04. The maximum absolute atomic E-state index is 13.5. The van der Waals surface area contributed by atoms with Gasteiger partial charge in [-0.15, -0.1) is 11.3 Å². The monoisotopic (exact) mass is 414 g/mol. The molecule has 0 spiro atoms. The summed E-state index contributed by atoms with van der Waals surface area (Å²) in [6, 6.07) is 17.7. The van der Waals surface area contributed by atoms with Crippen molar-refractivity contribution in [2.24, 2.45) is 5.92 Å². The van der Waals surface area contributed by atoms with Gasteiger partial charge in [0, 0.05) is 16.0 Å². The molecule has 150 valence electrons. The lowest BCUT2D eigenvalue weighted by Gasteiger charge is -2.27. The Balaban J connectivity index is 1.52. The van der Waals surface area contributed by atoms with Crippen molar-refractivity contribution >= 4 is 22.2 Å². The van der Waals surface area contributed by atoms with Crippen LogP contribution in [0.5, 0.6) is 11.5 Å². The van der Waals surface area contributed by atoms with E-state index in [0.717, 1.165) is 42.4 Å². The van der Waals surface area contributed by atoms with Crippen molar-refractivity contribution in [3.05, 3.63) is 75.7 Å². The summed E-state index contributed by atoms with van der Waals surface area (Å²) in [5.74, 6) is 1.47. The molecular formula is C25H22N2O2S. The third-order valence-electron chi connectivity index (χ3n) is 6.24. The van der Waals surface area contributed by atoms with E-state index in [0.29, 0.717) is 28.0 Å². The average Bonchev–Trinajstić information content (AvgIpc) is 3.13. The lowest BCUT2D eigenvalue weighted by Crippen LogP contribution is -2.25. The van der Waals surface area contributed by atoms with Gasteiger partial charge in [0.1, 0.15) is 22.6 Å². The van der Waals surface area contributed by atoms with Crippen LogP contribution in [0.4, 0.5) is 5.00 Å². The van der Waals surface area contributed by atoms with Crippen LogP contribution in [0.3, 0.4) is 0 Å². The molecule has 1 aliphatic carbocycles. The number of nitriles is 1. The molecule has 0 fully saturated rings. The first-order valence-electron chi connectivity index (χ1n) is 10.4. The summed E-state index contributed by atoms with van der Waals surface area (Å²) in [7, 11) is 0. The van der Waals surface area contributed by atoms with E-state index in [-0.39, 0.29) is 5.91 Å². The molecule has 0 bridgehead atoms. The first-order chi connectivity index (χ1) is 14.7. The van der Waals surface area contributed by atoms with Crippen molar-refractivity contribution in [3.8, 4) is 17.6 Å². The standard InChI is InChI=1S/C25H22N2O2S/c1-2-15-11-12-16-19(14-26)25(30-22(16)13-15)27-24(28)23-17-7-3-5-9-20(17)29-21-10-6-4-8-18(21)23/h3-10,15,23H,2,11-13H2,1H3,(H,27,28)/t15-/m1/s1. The zero-order chi connectivity index (χ0) is 20.7. The summed E-state index contributed by atoms with van der Waals surface area (Å²) in [5.41, 5.74) is 3.47. The van der Waals surface area contributed by atoms with Crippen LogP contribution in [-0.2, 0) is 17.6 Å². The first kappa shape index (κ1) is 18.9. The van der Waals surface area contributed by atoms with Crippen LogP contribution in [0.15, 0.2) is 48.5 Å². The van der Waals surface area contributed by atoms with Gasteiger partial charge >= 0.3 is 0 Å². The van der Waals surface area contributed by atoms with Gasteiger partial charge < -0.3 is 10.1 Å². The lowest BCUT2D eigenvalue weighted by atomic mass is 9.85. The molecular weight excluding hydrogens is 392 g/mol. The number of anilines is 1. The zero-order valence-corrected chi connectivity index (χ0v) is 17.6. The number of carbonyl (C=O) groups excluding carboxylic acids is 1. The zero-order valence-electron chi connectivity index (χ0n) is 16.8. The van der Waals surface area contributed by atoms with Crippen LogP contribution in [0, 0.1) is 17.2 Å². The molecule has 1 N–H and O–H groups in total. The molecule has 1 atom stereocenters. The maximum atomic E-state index is 13.5. The molecule has 2 heterocycles. The average molecular weight is 415 g/mol. The molecule has 0 radical (unpaired) electrons. The van der Waals surface area contributed by atoms with E-state index in [9.17, 15) is 10.1 Å². The molecule has 5 rings (SSSR count). The van der Waals surface area contributed by atoms with Crippen LogP contribution < -0.4 is 10.1 Å². The third-order valence-corrected chi connectivity index (χ3v) is 7.41. The Morgan fingerprint density at radius 3 is 2.47 bits per heavy atom. The third kappa shape index (κ3) is 3.09. The van der Waals surface area contributed by atoms with Gasteiger partial charge in [0.2, 0.25) is 5.91 Å². The Bertz CT molecular complexity index is 1130. The van der Waals surface area contributed by atoms with Crippen molar-refractivity contribution in [1.82, 2.24) is 0 Å². The van der Waals surface area contributed by atoms with E-state index in [2.05, 4.69) is 18.3 Å². The molecule has 1 aliphatic heterocycles. The molecule has 4 nitrogen and oxygen atoms in total. The highest BCUT2D eigenvalue weighted by Crippen LogP contribution is 2.45. The summed E-state index contributed by atoms with van der Waals surface area (Å²) in [6.07, 6.45) is 4.19. The number of fused-ring (bicyclic) bond motifs is 3. The van der Waals surface area contributed by atoms with Gasteiger partial charge in [0.25, 0.3) is 0 Å². The number of nitrogens with one attached hydrogen (secondary N) is 1. The minimum atomic E-state index is -0.472. The summed E-state index contributed by atoms with van der Waals surface area (Å²) in [4.78, 5) is 14.8. The van der Waals surface area contributed by atoms with Crippen molar-refractivity contribution in [2.75, 3.05) is 5.32 Å². The number of benzene rings is 2. The Morgan fingerprint density at radius 2 is 1.83 bits per heavy atom. The Morgan fingerprint density at radius 1 is 1.17 bits per heavy atom. The molecule has 3 aromatic rings. The van der Waals surface area contributed by atoms with Crippen LogP contribution >= 0.6 is 11.3 Å². The number of ether oxygens (including phenoxy) is 1. The van der Waals surface area contributed by atoms with E-state index >= 15 is 0 Å². The van der Waals surface area contributed by atoms with Crippen LogP contribution in [0.1, 0.15) is 52.8 Å². The van der Waals surface area contributed by atoms with Crippen LogP contribution in [0.25, 0.3) is 0 Å². The van der Waals surface area contributed by atoms with E-state index in [4.69, 9.17) is 4.74 Å². The normalized spacial score (nSPS) is 17.1. The summed E-state index contributed by atoms with van der Waals surface area (Å²) < 4.78 is 6.01. The van der Waals surface area contributed by atoms with Gasteiger partial charge in [-0.1, -0.05) is 49.7 Å².